The molecule has 0 aliphatic carbocycles. The molecule has 0 atom stereocenters. The molecule has 0 radical (unpaired) electrons. The van der Waals surface area contributed by atoms with Crippen LogP contribution in [0.5, 0.6) is 0 Å². The van der Waals surface area contributed by atoms with Crippen molar-refractivity contribution in [1.29, 1.82) is 0 Å². The van der Waals surface area contributed by atoms with Crippen LogP contribution in [0.25, 0.3) is 22.3 Å². The van der Waals surface area contributed by atoms with E-state index >= 15 is 0 Å². The highest BCUT2D eigenvalue weighted by Crippen LogP contribution is 2.30. The van der Waals surface area contributed by atoms with Crippen molar-refractivity contribution in [2.24, 2.45) is 0 Å². The van der Waals surface area contributed by atoms with Crippen LogP contribution in [0.3, 0.4) is 0 Å². The minimum Gasteiger partial charge on any atom is -0.0654 e. The number of hydrogen-bond acceptors (Lipinski definition) is 0. The Morgan fingerprint density at radius 2 is 1.00 bits per heavy atom. The molecule has 0 N–H and O–H groups in total. The van der Waals surface area contributed by atoms with E-state index in [4.69, 9.17) is 0 Å². The van der Waals surface area contributed by atoms with Crippen LogP contribution < -0.4 is 0 Å². The Morgan fingerprint density at radius 3 is 1.60 bits per heavy atom. The minimum atomic E-state index is 1.17. The Kier molecular flexibility index (Phi) is 9.73. The lowest BCUT2D eigenvalue weighted by molar-refractivity contribution is 0.556. The first-order valence-electron chi connectivity index (χ1n) is 12.1. The van der Waals surface area contributed by atoms with Crippen LogP contribution in [-0.4, -0.2) is 0 Å². The first-order valence-corrected chi connectivity index (χ1v) is 12.1. The van der Waals surface area contributed by atoms with Crippen molar-refractivity contribution >= 4 is 0 Å². The SMILES string of the molecule is CCCCCCCCCCCCc1cc(-c2ccccc2)ccc1-c1ccccc1. The summed E-state index contributed by atoms with van der Waals surface area (Å²) in [5.74, 6) is 0. The van der Waals surface area contributed by atoms with Gasteiger partial charge in [-0.1, -0.05) is 144 Å². The highest BCUT2D eigenvalue weighted by atomic mass is 14.1. The first kappa shape index (κ1) is 22.3. The average molecular weight is 399 g/mol. The number of benzene rings is 3. The standard InChI is InChI=1S/C30H38/c1-2-3-4-5-6-7-8-9-10-13-22-29-25-28(26-18-14-11-15-19-26)23-24-30(29)27-20-16-12-17-21-27/h11-12,14-21,23-25H,2-10,13,22H2,1H3. The Bertz CT molecular complexity index is 832. The molecule has 0 heteroatoms. The monoisotopic (exact) mass is 398 g/mol. The lowest BCUT2D eigenvalue weighted by Crippen LogP contribution is -1.93. The molecule has 0 amide bonds. The third kappa shape index (κ3) is 7.17. The van der Waals surface area contributed by atoms with Crippen molar-refractivity contribution in [3.05, 3.63) is 84.4 Å². The van der Waals surface area contributed by atoms with E-state index in [1.165, 1.54) is 98.4 Å². The highest BCUT2D eigenvalue weighted by Gasteiger charge is 2.08. The minimum absolute atomic E-state index is 1.17. The molecule has 0 saturated carbocycles. The molecule has 0 fully saturated rings. The summed E-state index contributed by atoms with van der Waals surface area (Å²) >= 11 is 0. The summed E-state index contributed by atoms with van der Waals surface area (Å²) in [5.41, 5.74) is 6.85. The summed E-state index contributed by atoms with van der Waals surface area (Å²) in [6.07, 6.45) is 15.0. The molecule has 0 aromatic heterocycles. The molecule has 0 nitrogen and oxygen atoms in total. The van der Waals surface area contributed by atoms with Gasteiger partial charge in [-0.05, 0) is 40.7 Å². The lowest BCUT2D eigenvalue weighted by atomic mass is 9.92. The number of hydrogen-bond donors (Lipinski definition) is 0. The van der Waals surface area contributed by atoms with E-state index in [-0.39, 0.29) is 0 Å². The molecule has 0 heterocycles. The molecule has 0 aliphatic heterocycles. The van der Waals surface area contributed by atoms with Gasteiger partial charge in [0.2, 0.25) is 0 Å². The molecule has 0 aliphatic rings. The van der Waals surface area contributed by atoms with Gasteiger partial charge in [-0.15, -0.1) is 0 Å². The van der Waals surface area contributed by atoms with Crippen LogP contribution in [-0.2, 0) is 6.42 Å². The van der Waals surface area contributed by atoms with Gasteiger partial charge in [-0.2, -0.15) is 0 Å². The second-order valence-corrected chi connectivity index (χ2v) is 8.54. The third-order valence-corrected chi connectivity index (χ3v) is 6.10. The zero-order chi connectivity index (χ0) is 20.9. The van der Waals surface area contributed by atoms with Gasteiger partial charge in [0.15, 0.2) is 0 Å². The second-order valence-electron chi connectivity index (χ2n) is 8.54. The van der Waals surface area contributed by atoms with E-state index in [1.54, 1.807) is 0 Å². The van der Waals surface area contributed by atoms with Crippen molar-refractivity contribution in [3.63, 3.8) is 0 Å². The Balaban J connectivity index is 1.56. The molecule has 0 bridgehead atoms. The van der Waals surface area contributed by atoms with Crippen LogP contribution in [0.4, 0.5) is 0 Å². The van der Waals surface area contributed by atoms with Gasteiger partial charge in [0.25, 0.3) is 0 Å². The smallest absolute Gasteiger partial charge is 0.0151 e. The largest absolute Gasteiger partial charge is 0.0654 e. The Hall–Kier alpha value is -2.34. The number of rotatable bonds is 13. The molecule has 3 aromatic rings. The lowest BCUT2D eigenvalue weighted by Gasteiger charge is -2.13. The molecular formula is C30H38. The number of aryl methyl sites for hydroxylation is 1. The fourth-order valence-corrected chi connectivity index (χ4v) is 4.31. The van der Waals surface area contributed by atoms with Crippen molar-refractivity contribution in [2.75, 3.05) is 0 Å². The highest BCUT2D eigenvalue weighted by molar-refractivity contribution is 5.73. The van der Waals surface area contributed by atoms with Gasteiger partial charge >= 0.3 is 0 Å². The van der Waals surface area contributed by atoms with Crippen LogP contribution in [0, 0.1) is 0 Å². The maximum absolute atomic E-state index is 2.42. The van der Waals surface area contributed by atoms with Gasteiger partial charge in [0.05, 0.1) is 0 Å². The quantitative estimate of drug-likeness (QED) is 0.251. The van der Waals surface area contributed by atoms with Gasteiger partial charge in [-0.3, -0.25) is 0 Å². The van der Waals surface area contributed by atoms with E-state index in [0.717, 1.165) is 0 Å². The van der Waals surface area contributed by atoms with Gasteiger partial charge < -0.3 is 0 Å². The summed E-state index contributed by atoms with van der Waals surface area (Å²) in [4.78, 5) is 0. The van der Waals surface area contributed by atoms with E-state index in [2.05, 4.69) is 85.8 Å². The Morgan fingerprint density at radius 1 is 0.467 bits per heavy atom. The van der Waals surface area contributed by atoms with Crippen LogP contribution in [0.1, 0.15) is 76.7 Å². The molecular weight excluding hydrogens is 360 g/mol. The fraction of sp³-hybridized carbons (Fsp3) is 0.400. The summed E-state index contributed by atoms with van der Waals surface area (Å²) in [6.45, 7) is 2.29. The Labute approximate surface area is 184 Å². The summed E-state index contributed by atoms with van der Waals surface area (Å²) < 4.78 is 0. The van der Waals surface area contributed by atoms with Crippen molar-refractivity contribution in [2.45, 2.75) is 77.6 Å². The molecule has 0 spiro atoms. The molecule has 3 aromatic carbocycles. The van der Waals surface area contributed by atoms with Crippen LogP contribution >= 0.6 is 0 Å². The fourth-order valence-electron chi connectivity index (χ4n) is 4.31. The molecule has 30 heavy (non-hydrogen) atoms. The van der Waals surface area contributed by atoms with Crippen molar-refractivity contribution < 1.29 is 0 Å². The van der Waals surface area contributed by atoms with Gasteiger partial charge in [-0.25, -0.2) is 0 Å². The number of unbranched alkanes of at least 4 members (excludes halogenated alkanes) is 9. The van der Waals surface area contributed by atoms with Gasteiger partial charge in [0, 0.05) is 0 Å². The summed E-state index contributed by atoms with van der Waals surface area (Å²) in [7, 11) is 0. The summed E-state index contributed by atoms with van der Waals surface area (Å²) in [5, 5.41) is 0. The van der Waals surface area contributed by atoms with E-state index in [0.29, 0.717) is 0 Å². The average Bonchev–Trinajstić information content (AvgIpc) is 2.81. The van der Waals surface area contributed by atoms with Crippen LogP contribution in [0.2, 0.25) is 0 Å². The third-order valence-electron chi connectivity index (χ3n) is 6.10. The zero-order valence-corrected chi connectivity index (χ0v) is 18.8. The topological polar surface area (TPSA) is 0 Å². The molecule has 0 saturated heterocycles. The van der Waals surface area contributed by atoms with E-state index in [1.807, 2.05) is 0 Å². The molecule has 0 unspecified atom stereocenters. The normalized spacial score (nSPS) is 11.0. The van der Waals surface area contributed by atoms with E-state index < -0.39 is 0 Å². The maximum atomic E-state index is 2.42. The molecule has 158 valence electrons. The van der Waals surface area contributed by atoms with Crippen molar-refractivity contribution in [1.82, 2.24) is 0 Å². The van der Waals surface area contributed by atoms with Crippen molar-refractivity contribution in [3.8, 4) is 22.3 Å². The van der Waals surface area contributed by atoms with E-state index in [9.17, 15) is 0 Å². The predicted molar refractivity (Wildman–Crippen MR) is 133 cm³/mol. The summed E-state index contributed by atoms with van der Waals surface area (Å²) in [6, 6.07) is 28.6. The van der Waals surface area contributed by atoms with Crippen LogP contribution in [0.15, 0.2) is 78.9 Å². The maximum Gasteiger partial charge on any atom is -0.0151 e. The second kappa shape index (κ2) is 13.1. The first-order chi connectivity index (χ1) is 14.9. The predicted octanol–water partition coefficient (Wildman–Crippen LogP) is 9.48. The zero-order valence-electron chi connectivity index (χ0n) is 18.8. The van der Waals surface area contributed by atoms with Gasteiger partial charge in [0.1, 0.15) is 0 Å². The molecule has 3 rings (SSSR count).